The maximum Gasteiger partial charge on any atom is 0.410 e. The standard InChI is InChI=1S/C76H91N11O19S2/c1-41(2)61(82-58(88)35-86-59(89)22-23-60(86)90)69(96)78-42(3)67(94)79-48-18-16-47(45(31-48)17-20-55-63(91)64(92)65(93)66(106-55)71(99)100)36-105-73(101)84(29-30-108(102,103)104)27-10-12-46-32-75(6)37-74(5)26-24-53(46)76(38-74,39-75)40-87-43(4)51(33-77-87)49-19-21-57(81-62(49)70(97)98)85-28-25-44-11-9-13-50(52(44)34-85)68(95)83-72-80-54-14-7-8-15-56(54)107-72/h7-9,11,13-16,18-19,21-23,31,33,41-42,46,53,55,61,63-66,91-93H,10,12,17,20,24-30,32,34-40H2,1-6H3,(H,78,96)(H,79,94)(H,82,88)(H,97,98)(H,99,100)(H,80,83,95)(H,102,103,104)/t42-,46?,53?,55-,61-,63-,64+,65-,66-,74?,75?,76?/m0/s1. The SMILES string of the molecule is Cc1c(-c2ccc(N3CCc4cccc(C(=O)Nc5nc6ccccc6s5)c4C3)nc2C(=O)O)cnn1CC12CC3(C)CCC1C(CCCN(CCS(=O)(=O)O)C(=O)OCc1ccc(NC(=O)[C@H](C)NC(=O)[C@@H](NC(=O)CN4C(=O)C=CC4=O)C(C)C)cc1CC[C@@H]1O[C@H](C(=O)O)[C@@H](O)[C@H](O)[C@H]1O)CC(C)(C3)C2. The van der Waals surface area contributed by atoms with E-state index in [2.05, 4.69) is 40.1 Å². The van der Waals surface area contributed by atoms with E-state index in [1.807, 2.05) is 59.0 Å². The van der Waals surface area contributed by atoms with E-state index < -0.39 is 132 Å². The number of aliphatic hydroxyl groups excluding tert-OH is 3. The summed E-state index contributed by atoms with van der Waals surface area (Å²) in [5, 5.41) is 68.9. The van der Waals surface area contributed by atoms with Crippen molar-refractivity contribution >= 4 is 102 Å². The van der Waals surface area contributed by atoms with Gasteiger partial charge in [-0.1, -0.05) is 69.4 Å². The van der Waals surface area contributed by atoms with Gasteiger partial charge in [-0.2, -0.15) is 13.5 Å². The minimum atomic E-state index is -4.59. The molecule has 6 aliphatic rings. The van der Waals surface area contributed by atoms with E-state index >= 15 is 0 Å². The topological polar surface area (TPSA) is 429 Å². The molecule has 12 atom stereocenters. The highest BCUT2D eigenvalue weighted by molar-refractivity contribution is 7.85. The Kier molecular flexibility index (Phi) is 22.8. The Morgan fingerprint density at radius 3 is 2.30 bits per heavy atom. The lowest BCUT2D eigenvalue weighted by atomic mass is 9.39. The van der Waals surface area contributed by atoms with Crippen LogP contribution in [0.1, 0.15) is 141 Å². The minimum Gasteiger partial charge on any atom is -0.479 e. The molecule has 0 radical (unpaired) electrons. The second-order valence-electron chi connectivity index (χ2n) is 30.9. The van der Waals surface area contributed by atoms with Crippen molar-refractivity contribution < 1.29 is 91.1 Å². The molecule has 0 spiro atoms. The van der Waals surface area contributed by atoms with Gasteiger partial charge in [-0.15, -0.1) is 0 Å². The maximum absolute atomic E-state index is 14.4. The number of anilines is 3. The van der Waals surface area contributed by atoms with Gasteiger partial charge < -0.3 is 60.8 Å². The first-order chi connectivity index (χ1) is 51.2. The van der Waals surface area contributed by atoms with E-state index in [1.54, 1.807) is 32.2 Å². The molecule has 6 heterocycles. The van der Waals surface area contributed by atoms with Crippen LogP contribution in [0.2, 0.25) is 0 Å². The second kappa shape index (κ2) is 31.6. The number of amides is 7. The summed E-state index contributed by atoms with van der Waals surface area (Å²) < 4.78 is 49.1. The highest BCUT2D eigenvalue weighted by Crippen LogP contribution is 2.70. The zero-order valence-electron chi connectivity index (χ0n) is 60.8. The zero-order chi connectivity index (χ0) is 77.5. The molecule has 4 fully saturated rings. The van der Waals surface area contributed by atoms with Crippen molar-refractivity contribution in [2.24, 2.45) is 34.0 Å². The largest absolute Gasteiger partial charge is 0.479 e. The third kappa shape index (κ3) is 17.1. The number of aliphatic hydroxyl groups is 3. The number of carbonyl (C=O) groups excluding carboxylic acids is 7. The van der Waals surface area contributed by atoms with E-state index in [4.69, 9.17) is 19.6 Å². The van der Waals surface area contributed by atoms with Crippen molar-refractivity contribution in [3.63, 3.8) is 0 Å². The van der Waals surface area contributed by atoms with Crippen molar-refractivity contribution in [3.05, 3.63) is 130 Å². The number of benzene rings is 3. The fraction of sp³-hybridized carbons (Fsp3) is 0.500. The highest BCUT2D eigenvalue weighted by Gasteiger charge is 2.62. The Bertz CT molecular complexity index is 4620. The predicted molar refractivity (Wildman–Crippen MR) is 395 cm³/mol. The van der Waals surface area contributed by atoms with Crippen molar-refractivity contribution in [1.82, 2.24) is 40.2 Å². The number of carbonyl (C=O) groups is 9. The predicted octanol–water partition coefficient (Wildman–Crippen LogP) is 6.67. The van der Waals surface area contributed by atoms with Crippen LogP contribution in [0.15, 0.2) is 91.1 Å². The van der Waals surface area contributed by atoms with Gasteiger partial charge in [0.1, 0.15) is 49.4 Å². The molecule has 1 saturated heterocycles. The number of aliphatic carboxylic acids is 1. The molecule has 3 aromatic carbocycles. The number of para-hydroxylation sites is 1. The summed E-state index contributed by atoms with van der Waals surface area (Å²) in [6.07, 6.45) is 1.12. The summed E-state index contributed by atoms with van der Waals surface area (Å²) in [6.45, 7) is 11.3. The van der Waals surface area contributed by atoms with Gasteiger partial charge in [-0.3, -0.25) is 48.2 Å². The van der Waals surface area contributed by atoms with Gasteiger partial charge in [0, 0.05) is 72.9 Å². The first-order valence-electron chi connectivity index (χ1n) is 36.3. The average Bonchev–Trinajstić information content (AvgIpc) is 1.00. The molecule has 32 heteroatoms. The van der Waals surface area contributed by atoms with Gasteiger partial charge in [0.2, 0.25) is 17.7 Å². The maximum atomic E-state index is 14.4. The third-order valence-corrected chi connectivity index (χ3v) is 24.1. The molecular weight excluding hydrogens is 1440 g/mol. The number of rotatable bonds is 28. The number of hydrogen-bond donors (Lipinski definition) is 10. The molecule has 12 rings (SSSR count). The van der Waals surface area contributed by atoms with Crippen LogP contribution in [0.3, 0.4) is 0 Å². The number of carboxylic acids is 2. The molecule has 7 amide bonds. The Balaban J connectivity index is 0.721. The third-order valence-electron chi connectivity index (χ3n) is 22.5. The molecule has 5 unspecified atom stereocenters. The molecule has 3 aliphatic heterocycles. The van der Waals surface area contributed by atoms with Gasteiger partial charge in [-0.05, 0) is 183 Å². The van der Waals surface area contributed by atoms with Gasteiger partial charge in [0.15, 0.2) is 16.9 Å². The summed E-state index contributed by atoms with van der Waals surface area (Å²) in [6, 6.07) is 19.0. The fourth-order valence-electron chi connectivity index (χ4n) is 17.8. The minimum absolute atomic E-state index is 0.0411. The molecular formula is C76H91N11O19S2. The Hall–Kier alpha value is -9.57. The lowest BCUT2D eigenvalue weighted by Gasteiger charge is -2.66. The summed E-state index contributed by atoms with van der Waals surface area (Å²) in [5.41, 5.74) is 5.42. The molecule has 3 aromatic heterocycles. The number of pyridine rings is 1. The van der Waals surface area contributed by atoms with Crippen molar-refractivity contribution in [1.29, 1.82) is 0 Å². The number of thiazole rings is 1. The van der Waals surface area contributed by atoms with E-state index in [0.29, 0.717) is 82.6 Å². The molecule has 108 heavy (non-hydrogen) atoms. The quantitative estimate of drug-likeness (QED) is 0.0181. The van der Waals surface area contributed by atoms with Crippen LogP contribution in [0.25, 0.3) is 21.3 Å². The van der Waals surface area contributed by atoms with Crippen LogP contribution in [-0.4, -0.2) is 196 Å². The van der Waals surface area contributed by atoms with Crippen LogP contribution in [-0.2, 0) is 80.9 Å². The van der Waals surface area contributed by atoms with Gasteiger partial charge >= 0.3 is 18.0 Å². The normalized spacial score (nSPS) is 25.0. The lowest BCUT2D eigenvalue weighted by molar-refractivity contribution is -0.228. The molecule has 3 aliphatic carbocycles. The summed E-state index contributed by atoms with van der Waals surface area (Å²) in [7, 11) is -4.59. The number of aromatic carboxylic acids is 1. The first-order valence-corrected chi connectivity index (χ1v) is 38.7. The average molecular weight is 1530 g/mol. The molecule has 30 nitrogen and oxygen atoms in total. The number of imide groups is 1. The fourth-order valence-corrected chi connectivity index (χ4v) is 19.1. The number of nitrogens with one attached hydrogen (secondary N) is 4. The molecule has 3 saturated carbocycles. The number of aromatic nitrogens is 4. The molecule has 10 N–H and O–H groups in total. The first kappa shape index (κ1) is 78.0. The zero-order valence-corrected chi connectivity index (χ0v) is 62.4. The number of fused-ring (bicyclic) bond motifs is 4. The van der Waals surface area contributed by atoms with Crippen LogP contribution in [0.5, 0.6) is 0 Å². The van der Waals surface area contributed by atoms with Crippen molar-refractivity contribution in [2.75, 3.05) is 47.5 Å². The van der Waals surface area contributed by atoms with Crippen LogP contribution < -0.4 is 26.2 Å². The van der Waals surface area contributed by atoms with Gasteiger partial charge in [-0.25, -0.2) is 24.4 Å². The summed E-state index contributed by atoms with van der Waals surface area (Å²) in [4.78, 5) is 131. The van der Waals surface area contributed by atoms with Crippen LogP contribution in [0, 0.1) is 40.9 Å². The van der Waals surface area contributed by atoms with Gasteiger partial charge in [0.05, 0.1) is 28.3 Å². The summed E-state index contributed by atoms with van der Waals surface area (Å²) >= 11 is 1.39. The number of aryl methyl sites for hydroxylation is 1. The Morgan fingerprint density at radius 1 is 0.824 bits per heavy atom. The van der Waals surface area contributed by atoms with E-state index in [1.165, 1.54) is 41.4 Å². The van der Waals surface area contributed by atoms with Crippen LogP contribution >= 0.6 is 11.3 Å². The molecule has 3 bridgehead atoms. The summed E-state index contributed by atoms with van der Waals surface area (Å²) in [5.74, 6) is -7.24. The second-order valence-corrected chi connectivity index (χ2v) is 33.5. The van der Waals surface area contributed by atoms with E-state index in [9.17, 15) is 81.7 Å². The Labute approximate surface area is 627 Å². The molecule has 576 valence electrons. The van der Waals surface area contributed by atoms with Gasteiger partial charge in [0.25, 0.3) is 27.8 Å². The van der Waals surface area contributed by atoms with E-state index in [-0.39, 0.29) is 64.8 Å². The van der Waals surface area contributed by atoms with Crippen LogP contribution in [0.4, 0.5) is 21.4 Å². The highest BCUT2D eigenvalue weighted by atomic mass is 32.2. The number of carboxylic acid groups (broad SMARTS) is 2. The smallest absolute Gasteiger partial charge is 0.410 e. The molecule has 6 aromatic rings. The number of ether oxygens (including phenoxy) is 2. The van der Waals surface area contributed by atoms with Crippen molar-refractivity contribution in [2.45, 2.75) is 174 Å². The number of nitrogens with zero attached hydrogens (tertiary/aromatic N) is 7. The lowest BCUT2D eigenvalue weighted by Crippen LogP contribution is -2.59. The number of hydrogen-bond acceptors (Lipinski definition) is 21. The van der Waals surface area contributed by atoms with Crippen molar-refractivity contribution in [3.8, 4) is 11.1 Å². The monoisotopic (exact) mass is 1530 g/mol. The Morgan fingerprint density at radius 2 is 1.57 bits per heavy atom. The van der Waals surface area contributed by atoms with E-state index in [0.717, 1.165) is 77.7 Å².